The highest BCUT2D eigenvalue weighted by molar-refractivity contribution is 5.97. The molecule has 0 spiro atoms. The number of nitrogens with one attached hydrogen (secondary N) is 3. The van der Waals surface area contributed by atoms with Gasteiger partial charge in [0.15, 0.2) is 0 Å². The molecule has 2 heterocycles. The van der Waals surface area contributed by atoms with Crippen LogP contribution < -0.4 is 10.6 Å². The molecule has 2 aromatic heterocycles. The molecule has 0 radical (unpaired) electrons. The standard InChI is InChI=1S/C16H14F3N5O/c17-16(18,19)13-5-6-21-15(24-13)22-8-7-20-14(25)12-9-10-3-1-2-4-11(10)23-12/h1-6,9,23H,7-8H2,(H,20,25)(H,21,22,24). The first kappa shape index (κ1) is 16.7. The lowest BCUT2D eigenvalue weighted by atomic mass is 10.2. The molecular formula is C16H14F3N5O. The molecule has 0 unspecified atom stereocenters. The minimum atomic E-state index is -4.52. The van der Waals surface area contributed by atoms with Gasteiger partial charge in [-0.3, -0.25) is 4.79 Å². The van der Waals surface area contributed by atoms with E-state index in [1.165, 1.54) is 0 Å². The third-order valence-corrected chi connectivity index (χ3v) is 3.41. The summed E-state index contributed by atoms with van der Waals surface area (Å²) in [5.41, 5.74) is 0.242. The first-order chi connectivity index (χ1) is 11.9. The molecule has 6 nitrogen and oxygen atoms in total. The van der Waals surface area contributed by atoms with Gasteiger partial charge in [0.2, 0.25) is 5.95 Å². The second-order valence-electron chi connectivity index (χ2n) is 5.22. The van der Waals surface area contributed by atoms with E-state index in [-0.39, 0.29) is 24.9 Å². The molecule has 3 rings (SSSR count). The average Bonchev–Trinajstić information content (AvgIpc) is 3.02. The normalized spacial score (nSPS) is 11.5. The largest absolute Gasteiger partial charge is 0.433 e. The lowest BCUT2D eigenvalue weighted by molar-refractivity contribution is -0.141. The minimum absolute atomic E-state index is 0.144. The zero-order valence-corrected chi connectivity index (χ0v) is 12.9. The van der Waals surface area contributed by atoms with Gasteiger partial charge in [-0.15, -0.1) is 0 Å². The minimum Gasteiger partial charge on any atom is -0.352 e. The predicted octanol–water partition coefficient (Wildman–Crippen LogP) is 2.82. The Kier molecular flexibility index (Phi) is 4.55. The fraction of sp³-hybridized carbons (Fsp3) is 0.188. The maximum absolute atomic E-state index is 12.6. The van der Waals surface area contributed by atoms with Gasteiger partial charge in [-0.25, -0.2) is 9.97 Å². The van der Waals surface area contributed by atoms with E-state index in [0.29, 0.717) is 5.69 Å². The molecule has 0 aliphatic carbocycles. The molecule has 0 saturated heterocycles. The topological polar surface area (TPSA) is 82.7 Å². The Labute approximate surface area is 140 Å². The summed E-state index contributed by atoms with van der Waals surface area (Å²) in [6.45, 7) is 0.390. The number of hydrogen-bond donors (Lipinski definition) is 3. The number of anilines is 1. The number of para-hydroxylation sites is 1. The van der Waals surface area contributed by atoms with Crippen LogP contribution in [-0.4, -0.2) is 33.9 Å². The molecule has 3 N–H and O–H groups in total. The predicted molar refractivity (Wildman–Crippen MR) is 86.2 cm³/mol. The summed E-state index contributed by atoms with van der Waals surface area (Å²) in [5.74, 6) is -0.447. The van der Waals surface area contributed by atoms with Crippen molar-refractivity contribution in [2.24, 2.45) is 0 Å². The van der Waals surface area contributed by atoms with E-state index in [1.54, 1.807) is 6.07 Å². The molecule has 0 aliphatic rings. The SMILES string of the molecule is O=C(NCCNc1nccc(C(F)(F)F)n1)c1cc2ccccc2[nH]1. The number of nitrogens with zero attached hydrogens (tertiary/aromatic N) is 2. The van der Waals surface area contributed by atoms with Crippen molar-refractivity contribution in [3.05, 3.63) is 54.0 Å². The summed E-state index contributed by atoms with van der Waals surface area (Å²) < 4.78 is 37.7. The third kappa shape index (κ3) is 4.06. The summed E-state index contributed by atoms with van der Waals surface area (Å²) in [4.78, 5) is 22.2. The van der Waals surface area contributed by atoms with Crippen molar-refractivity contribution in [3.8, 4) is 0 Å². The van der Waals surface area contributed by atoms with Crippen molar-refractivity contribution in [1.82, 2.24) is 20.3 Å². The molecule has 0 atom stereocenters. The average molecular weight is 349 g/mol. The lowest BCUT2D eigenvalue weighted by Crippen LogP contribution is -2.29. The molecule has 9 heteroatoms. The van der Waals surface area contributed by atoms with Gasteiger partial charge in [-0.05, 0) is 18.2 Å². The fourth-order valence-corrected chi connectivity index (χ4v) is 2.24. The number of aromatic nitrogens is 3. The number of hydrogen-bond acceptors (Lipinski definition) is 4. The maximum Gasteiger partial charge on any atom is 0.433 e. The van der Waals surface area contributed by atoms with Crippen LogP contribution in [0.25, 0.3) is 10.9 Å². The van der Waals surface area contributed by atoms with Gasteiger partial charge in [0.25, 0.3) is 5.91 Å². The van der Waals surface area contributed by atoms with E-state index in [0.717, 1.165) is 23.2 Å². The highest BCUT2D eigenvalue weighted by atomic mass is 19.4. The van der Waals surface area contributed by atoms with Crippen LogP contribution in [0.4, 0.5) is 19.1 Å². The van der Waals surface area contributed by atoms with Crippen molar-refractivity contribution < 1.29 is 18.0 Å². The summed E-state index contributed by atoms with van der Waals surface area (Å²) in [6.07, 6.45) is -3.50. The zero-order chi connectivity index (χ0) is 17.9. The molecule has 25 heavy (non-hydrogen) atoms. The maximum atomic E-state index is 12.6. The highest BCUT2D eigenvalue weighted by Crippen LogP contribution is 2.27. The van der Waals surface area contributed by atoms with Crippen LogP contribution in [0.2, 0.25) is 0 Å². The van der Waals surface area contributed by atoms with Gasteiger partial charge >= 0.3 is 6.18 Å². The molecule has 130 valence electrons. The van der Waals surface area contributed by atoms with Crippen molar-refractivity contribution in [2.75, 3.05) is 18.4 Å². The molecule has 0 fully saturated rings. The zero-order valence-electron chi connectivity index (χ0n) is 12.9. The van der Waals surface area contributed by atoms with Crippen LogP contribution in [0.1, 0.15) is 16.2 Å². The summed E-state index contributed by atoms with van der Waals surface area (Å²) in [6, 6.07) is 10.0. The molecular weight excluding hydrogens is 335 g/mol. The fourth-order valence-electron chi connectivity index (χ4n) is 2.24. The summed E-state index contributed by atoms with van der Waals surface area (Å²) in [5, 5.41) is 6.23. The molecule has 1 amide bonds. The van der Waals surface area contributed by atoms with Crippen molar-refractivity contribution in [3.63, 3.8) is 0 Å². The number of alkyl halides is 3. The van der Waals surface area contributed by atoms with E-state index in [2.05, 4.69) is 25.6 Å². The highest BCUT2D eigenvalue weighted by Gasteiger charge is 2.32. The van der Waals surface area contributed by atoms with Crippen LogP contribution in [-0.2, 0) is 6.18 Å². The van der Waals surface area contributed by atoms with Gasteiger partial charge in [0.1, 0.15) is 11.4 Å². The van der Waals surface area contributed by atoms with E-state index < -0.39 is 11.9 Å². The molecule has 3 aromatic rings. The number of rotatable bonds is 5. The first-order valence-corrected chi connectivity index (χ1v) is 7.43. The number of amides is 1. The number of aromatic amines is 1. The molecule has 1 aromatic carbocycles. The van der Waals surface area contributed by atoms with Crippen molar-refractivity contribution in [2.45, 2.75) is 6.18 Å². The van der Waals surface area contributed by atoms with Gasteiger partial charge in [-0.2, -0.15) is 13.2 Å². The second-order valence-corrected chi connectivity index (χ2v) is 5.22. The van der Waals surface area contributed by atoms with Crippen LogP contribution >= 0.6 is 0 Å². The van der Waals surface area contributed by atoms with E-state index in [9.17, 15) is 18.0 Å². The summed E-state index contributed by atoms with van der Waals surface area (Å²) in [7, 11) is 0. The number of carbonyl (C=O) groups excluding carboxylic acids is 1. The monoisotopic (exact) mass is 349 g/mol. The number of carbonyl (C=O) groups is 1. The van der Waals surface area contributed by atoms with Crippen LogP contribution in [0.15, 0.2) is 42.6 Å². The van der Waals surface area contributed by atoms with Crippen molar-refractivity contribution in [1.29, 1.82) is 0 Å². The first-order valence-electron chi connectivity index (χ1n) is 7.43. The Balaban J connectivity index is 1.52. The van der Waals surface area contributed by atoms with Crippen LogP contribution in [0.5, 0.6) is 0 Å². The Morgan fingerprint density at radius 1 is 1.16 bits per heavy atom. The van der Waals surface area contributed by atoms with E-state index >= 15 is 0 Å². The number of H-pyrrole nitrogens is 1. The smallest absolute Gasteiger partial charge is 0.352 e. The number of fused-ring (bicyclic) bond motifs is 1. The quantitative estimate of drug-likeness (QED) is 0.619. The van der Waals surface area contributed by atoms with Gasteiger partial charge in [-0.1, -0.05) is 18.2 Å². The molecule has 0 bridgehead atoms. The van der Waals surface area contributed by atoms with Gasteiger partial charge in [0, 0.05) is 30.2 Å². The Hall–Kier alpha value is -3.10. The van der Waals surface area contributed by atoms with Crippen LogP contribution in [0, 0.1) is 0 Å². The molecule has 0 aliphatic heterocycles. The summed E-state index contributed by atoms with van der Waals surface area (Å²) >= 11 is 0. The Morgan fingerprint density at radius 3 is 2.72 bits per heavy atom. The Morgan fingerprint density at radius 2 is 1.96 bits per heavy atom. The van der Waals surface area contributed by atoms with Gasteiger partial charge < -0.3 is 15.6 Å². The number of benzene rings is 1. The van der Waals surface area contributed by atoms with E-state index in [4.69, 9.17) is 0 Å². The molecule has 0 saturated carbocycles. The van der Waals surface area contributed by atoms with Crippen LogP contribution in [0.3, 0.4) is 0 Å². The van der Waals surface area contributed by atoms with E-state index in [1.807, 2.05) is 24.3 Å². The third-order valence-electron chi connectivity index (χ3n) is 3.41. The lowest BCUT2D eigenvalue weighted by Gasteiger charge is -2.09. The Bertz CT molecular complexity index is 858. The van der Waals surface area contributed by atoms with Gasteiger partial charge in [0.05, 0.1) is 0 Å². The second kappa shape index (κ2) is 6.80. The van der Waals surface area contributed by atoms with Crippen molar-refractivity contribution >= 4 is 22.8 Å². The number of halogens is 3.